The molecule has 0 radical (unpaired) electrons. The Balaban J connectivity index is 1.39. The van der Waals surface area contributed by atoms with E-state index in [4.69, 9.17) is 4.98 Å². The third-order valence-electron chi connectivity index (χ3n) is 9.57. The molecule has 4 aliphatic carbocycles. The molecule has 0 spiro atoms. The number of benzene rings is 1. The number of carbonyl (C=O) groups excluding carboxylic acids is 1. The second-order valence-electron chi connectivity index (χ2n) is 11.0. The number of hydrogen-bond donors (Lipinski definition) is 0. The molecule has 0 amide bonds. The molecular formula is C28H27BrN4O. The lowest BCUT2D eigenvalue weighted by molar-refractivity contribution is -0.111. The van der Waals surface area contributed by atoms with Gasteiger partial charge in [0.15, 0.2) is 5.78 Å². The van der Waals surface area contributed by atoms with E-state index in [0.29, 0.717) is 23.5 Å². The summed E-state index contributed by atoms with van der Waals surface area (Å²) in [5, 5.41) is 4.58. The minimum Gasteiger partial charge on any atom is -0.290 e. The van der Waals surface area contributed by atoms with Crippen LogP contribution >= 0.6 is 15.9 Å². The van der Waals surface area contributed by atoms with E-state index in [0.717, 1.165) is 47.8 Å². The number of carbonyl (C=O) groups is 1. The molecule has 7 rings (SSSR count). The standard InChI is InChI=1S/C28H27BrN4O/c1-27-11-9-17(34)13-16(27)7-8-18-21(27)10-12-28(2)22(18)14-20-24(19-5-3-4-6-23(19)29)33-26(30-15-31-33)32-25(20)28/h3-6,9,11,13,15,18,21-22H,7-8,10,12,14H2,1-2H3/t18-,21+,22+,27+,28+/m1/s1. The Morgan fingerprint density at radius 2 is 2.00 bits per heavy atom. The lowest BCUT2D eigenvalue weighted by Gasteiger charge is -2.56. The molecule has 0 aliphatic heterocycles. The zero-order valence-corrected chi connectivity index (χ0v) is 21.0. The highest BCUT2D eigenvalue weighted by Crippen LogP contribution is 2.64. The molecule has 5 atom stereocenters. The van der Waals surface area contributed by atoms with Crippen molar-refractivity contribution in [1.29, 1.82) is 0 Å². The Morgan fingerprint density at radius 3 is 2.85 bits per heavy atom. The van der Waals surface area contributed by atoms with Gasteiger partial charge in [-0.05, 0) is 68.1 Å². The summed E-state index contributed by atoms with van der Waals surface area (Å²) in [6.45, 7) is 4.81. The quantitative estimate of drug-likeness (QED) is 0.407. The van der Waals surface area contributed by atoms with Gasteiger partial charge in [0.1, 0.15) is 6.33 Å². The van der Waals surface area contributed by atoms with Gasteiger partial charge >= 0.3 is 0 Å². The van der Waals surface area contributed by atoms with E-state index in [-0.39, 0.29) is 16.6 Å². The minimum atomic E-state index is 0.00177. The first-order valence-corrected chi connectivity index (χ1v) is 13.1. The van der Waals surface area contributed by atoms with Crippen molar-refractivity contribution in [3.8, 4) is 11.3 Å². The zero-order valence-electron chi connectivity index (χ0n) is 19.5. The Hall–Kier alpha value is -2.60. The highest BCUT2D eigenvalue weighted by Gasteiger charge is 2.58. The first-order chi connectivity index (χ1) is 16.4. The van der Waals surface area contributed by atoms with Gasteiger partial charge in [-0.1, -0.05) is 59.6 Å². The van der Waals surface area contributed by atoms with E-state index >= 15 is 0 Å². The molecule has 172 valence electrons. The molecule has 6 heteroatoms. The first kappa shape index (κ1) is 20.7. The molecule has 0 saturated heterocycles. The number of hydrogen-bond acceptors (Lipinski definition) is 4. The summed E-state index contributed by atoms with van der Waals surface area (Å²) in [6.07, 6.45) is 13.0. The molecule has 34 heavy (non-hydrogen) atoms. The van der Waals surface area contributed by atoms with Crippen molar-refractivity contribution < 1.29 is 4.79 Å². The Morgan fingerprint density at radius 1 is 1.15 bits per heavy atom. The largest absolute Gasteiger partial charge is 0.290 e. The van der Waals surface area contributed by atoms with Crippen LogP contribution in [0.5, 0.6) is 0 Å². The second-order valence-corrected chi connectivity index (χ2v) is 11.9. The zero-order chi connectivity index (χ0) is 23.2. The minimum absolute atomic E-state index is 0.00177. The highest BCUT2D eigenvalue weighted by atomic mass is 79.9. The second kappa shape index (κ2) is 6.97. The number of rotatable bonds is 1. The predicted octanol–water partition coefficient (Wildman–Crippen LogP) is 5.88. The molecule has 2 saturated carbocycles. The van der Waals surface area contributed by atoms with Crippen LogP contribution in [0.2, 0.25) is 0 Å². The number of fused-ring (bicyclic) bond motifs is 8. The fraction of sp³-hybridized carbons (Fsp3) is 0.429. The van der Waals surface area contributed by atoms with Crippen LogP contribution in [0.4, 0.5) is 0 Å². The average Bonchev–Trinajstić information content (AvgIpc) is 3.41. The molecule has 0 N–H and O–H groups in total. The van der Waals surface area contributed by atoms with Crippen LogP contribution in [0.3, 0.4) is 0 Å². The van der Waals surface area contributed by atoms with Crippen LogP contribution in [0.1, 0.15) is 50.8 Å². The van der Waals surface area contributed by atoms with Crippen molar-refractivity contribution in [3.63, 3.8) is 0 Å². The van der Waals surface area contributed by atoms with Crippen LogP contribution in [0.15, 0.2) is 58.9 Å². The Labute approximate surface area is 207 Å². The maximum absolute atomic E-state index is 12.1. The van der Waals surface area contributed by atoms with Gasteiger partial charge in [-0.25, -0.2) is 4.98 Å². The Bertz CT molecular complexity index is 1440. The summed E-state index contributed by atoms with van der Waals surface area (Å²) in [5.41, 5.74) is 6.21. The van der Waals surface area contributed by atoms with Crippen molar-refractivity contribution in [1.82, 2.24) is 19.6 Å². The SMILES string of the molecule is C[C@]12C=CC(=O)C=C1CC[C@@H]1[C@@H]2CC[C@]2(C)c3nc4ncnn4c(-c4ccccc4Br)c3C[C@@H]12. The lowest BCUT2D eigenvalue weighted by atomic mass is 9.48. The van der Waals surface area contributed by atoms with E-state index in [1.165, 1.54) is 16.8 Å². The molecule has 2 aromatic heterocycles. The molecular weight excluding hydrogens is 488 g/mol. The topological polar surface area (TPSA) is 60.2 Å². The lowest BCUT2D eigenvalue weighted by Crippen LogP contribution is -2.50. The van der Waals surface area contributed by atoms with Crippen molar-refractivity contribution >= 4 is 27.5 Å². The van der Waals surface area contributed by atoms with Crippen LogP contribution in [-0.2, 0) is 16.6 Å². The fourth-order valence-electron chi connectivity index (χ4n) is 7.88. The molecule has 2 heterocycles. The number of ketones is 1. The average molecular weight is 515 g/mol. The smallest absolute Gasteiger partial charge is 0.252 e. The van der Waals surface area contributed by atoms with Gasteiger partial charge in [0, 0.05) is 26.4 Å². The van der Waals surface area contributed by atoms with E-state index in [1.807, 2.05) is 10.6 Å². The summed E-state index contributed by atoms with van der Waals surface area (Å²) >= 11 is 3.79. The predicted molar refractivity (Wildman–Crippen MR) is 134 cm³/mol. The maximum Gasteiger partial charge on any atom is 0.252 e. The van der Waals surface area contributed by atoms with E-state index in [9.17, 15) is 4.79 Å². The maximum atomic E-state index is 12.1. The summed E-state index contributed by atoms with van der Waals surface area (Å²) in [4.78, 5) is 21.8. The van der Waals surface area contributed by atoms with Gasteiger partial charge in [-0.2, -0.15) is 14.6 Å². The fourth-order valence-corrected chi connectivity index (χ4v) is 8.35. The molecule has 1 aromatic carbocycles. The molecule has 0 unspecified atom stereocenters. The first-order valence-electron chi connectivity index (χ1n) is 12.3. The Kier molecular flexibility index (Phi) is 4.25. The van der Waals surface area contributed by atoms with Gasteiger partial charge < -0.3 is 0 Å². The summed E-state index contributed by atoms with van der Waals surface area (Å²) < 4.78 is 2.99. The molecule has 5 nitrogen and oxygen atoms in total. The number of allylic oxidation sites excluding steroid dienone is 4. The highest BCUT2D eigenvalue weighted by molar-refractivity contribution is 9.10. The molecule has 2 fully saturated rings. The van der Waals surface area contributed by atoms with Crippen LogP contribution in [0.25, 0.3) is 17.0 Å². The van der Waals surface area contributed by atoms with Gasteiger partial charge in [0.2, 0.25) is 0 Å². The monoisotopic (exact) mass is 514 g/mol. The molecule has 4 aliphatic rings. The van der Waals surface area contributed by atoms with Crippen LogP contribution < -0.4 is 0 Å². The van der Waals surface area contributed by atoms with E-state index < -0.39 is 0 Å². The number of halogens is 1. The van der Waals surface area contributed by atoms with Crippen molar-refractivity contribution in [2.45, 2.75) is 51.4 Å². The third-order valence-corrected chi connectivity index (χ3v) is 10.3. The summed E-state index contributed by atoms with van der Waals surface area (Å²) in [6, 6.07) is 8.39. The van der Waals surface area contributed by atoms with E-state index in [2.05, 4.69) is 70.2 Å². The number of aromatic nitrogens is 4. The van der Waals surface area contributed by atoms with Gasteiger partial charge in [-0.15, -0.1) is 0 Å². The normalized spacial score (nSPS) is 33.8. The van der Waals surface area contributed by atoms with Crippen molar-refractivity contribution in [2.75, 3.05) is 0 Å². The van der Waals surface area contributed by atoms with Gasteiger partial charge in [0.05, 0.1) is 11.4 Å². The van der Waals surface area contributed by atoms with Gasteiger partial charge in [-0.3, -0.25) is 4.79 Å². The summed E-state index contributed by atoms with van der Waals surface area (Å²) in [7, 11) is 0. The van der Waals surface area contributed by atoms with E-state index in [1.54, 1.807) is 12.4 Å². The van der Waals surface area contributed by atoms with Crippen molar-refractivity contribution in [3.05, 3.63) is 70.1 Å². The molecule has 0 bridgehead atoms. The van der Waals surface area contributed by atoms with Crippen LogP contribution in [-0.4, -0.2) is 25.4 Å². The van der Waals surface area contributed by atoms with Crippen LogP contribution in [0, 0.1) is 23.2 Å². The summed E-state index contributed by atoms with van der Waals surface area (Å²) in [5.74, 6) is 2.55. The van der Waals surface area contributed by atoms with Gasteiger partial charge in [0.25, 0.3) is 5.78 Å². The number of nitrogens with zero attached hydrogens (tertiary/aromatic N) is 4. The third kappa shape index (κ3) is 2.61. The van der Waals surface area contributed by atoms with Crippen molar-refractivity contribution in [2.24, 2.45) is 23.2 Å². The molecule has 3 aromatic rings.